The molecule has 2 heterocycles. The van der Waals surface area contributed by atoms with Crippen LogP contribution in [0.25, 0.3) is 10.9 Å². The Labute approximate surface area is 172 Å². The van der Waals surface area contributed by atoms with E-state index in [1.165, 1.54) is 17.5 Å². The quantitative estimate of drug-likeness (QED) is 0.752. The number of aryl methyl sites for hydroxylation is 1. The summed E-state index contributed by atoms with van der Waals surface area (Å²) in [5, 5.41) is 1.03. The Morgan fingerprint density at radius 2 is 1.66 bits per heavy atom. The molecule has 148 valence electrons. The van der Waals surface area contributed by atoms with Gasteiger partial charge in [-0.1, -0.05) is 48.5 Å². The van der Waals surface area contributed by atoms with Crippen LogP contribution in [0, 0.1) is 0 Å². The molecule has 1 fully saturated rings. The van der Waals surface area contributed by atoms with Gasteiger partial charge in [0, 0.05) is 16.6 Å². The number of hydrogen-bond donors (Lipinski definition) is 1. The summed E-state index contributed by atoms with van der Waals surface area (Å²) in [6.07, 6.45) is 4.30. The average Bonchev–Trinajstić information content (AvgIpc) is 2.78. The molecule has 3 aromatic rings. The van der Waals surface area contributed by atoms with Crippen LogP contribution in [-0.4, -0.2) is 42.0 Å². The van der Waals surface area contributed by atoms with Crippen molar-refractivity contribution >= 4 is 16.8 Å². The van der Waals surface area contributed by atoms with Gasteiger partial charge in [0.05, 0.1) is 37.3 Å². The third kappa shape index (κ3) is 3.65. The van der Waals surface area contributed by atoms with Gasteiger partial charge in [-0.3, -0.25) is 9.78 Å². The first kappa shape index (κ1) is 18.3. The Morgan fingerprint density at radius 3 is 2.48 bits per heavy atom. The van der Waals surface area contributed by atoms with E-state index in [1.54, 1.807) is 4.90 Å². The Kier molecular flexibility index (Phi) is 5.03. The second-order valence-electron chi connectivity index (χ2n) is 8.34. The number of pyridine rings is 1. The van der Waals surface area contributed by atoms with Gasteiger partial charge in [-0.15, -0.1) is 0 Å². The lowest BCUT2D eigenvalue weighted by molar-refractivity contribution is -0.917. The second-order valence-corrected chi connectivity index (χ2v) is 8.34. The summed E-state index contributed by atoms with van der Waals surface area (Å²) < 4.78 is 0. The smallest absolute Gasteiger partial charge is 0.255 e. The molecule has 1 aliphatic carbocycles. The standard InChI is InChI=1S/C25H27N3O/c29-25(28-16-14-27(15-17-28)18-19-8-2-1-3-9-19)24-20-10-4-6-12-22(20)26-23-13-7-5-11-21(23)24/h1-4,6,8-10,12H,5,7,11,13-18H2/p+1. The summed E-state index contributed by atoms with van der Waals surface area (Å²) in [6.45, 7) is 4.70. The van der Waals surface area contributed by atoms with E-state index >= 15 is 0 Å². The fourth-order valence-corrected chi connectivity index (χ4v) is 4.86. The molecule has 4 heteroatoms. The normalized spacial score (nSPS) is 17.3. The van der Waals surface area contributed by atoms with Gasteiger partial charge >= 0.3 is 0 Å². The van der Waals surface area contributed by atoms with Crippen LogP contribution in [0.4, 0.5) is 0 Å². The topological polar surface area (TPSA) is 37.6 Å². The molecule has 1 N–H and O–H groups in total. The fraction of sp³-hybridized carbons (Fsp3) is 0.360. The largest absolute Gasteiger partial charge is 0.328 e. The van der Waals surface area contributed by atoms with Gasteiger partial charge in [0.2, 0.25) is 0 Å². The van der Waals surface area contributed by atoms with E-state index in [1.807, 2.05) is 18.2 Å². The molecule has 0 radical (unpaired) electrons. The number of rotatable bonds is 3. The zero-order chi connectivity index (χ0) is 19.6. The summed E-state index contributed by atoms with van der Waals surface area (Å²) in [5.41, 5.74) is 5.61. The maximum absolute atomic E-state index is 13.6. The number of nitrogens with zero attached hydrogens (tertiary/aromatic N) is 2. The monoisotopic (exact) mass is 386 g/mol. The number of fused-ring (bicyclic) bond motifs is 2. The fourth-order valence-electron chi connectivity index (χ4n) is 4.86. The third-order valence-electron chi connectivity index (χ3n) is 6.44. The number of nitrogens with one attached hydrogen (secondary N) is 1. The Morgan fingerprint density at radius 1 is 0.931 bits per heavy atom. The van der Waals surface area contributed by atoms with Gasteiger partial charge in [0.15, 0.2) is 0 Å². The van der Waals surface area contributed by atoms with Crippen molar-refractivity contribution in [3.63, 3.8) is 0 Å². The zero-order valence-corrected chi connectivity index (χ0v) is 16.9. The molecule has 0 atom stereocenters. The molecule has 5 rings (SSSR count). The average molecular weight is 387 g/mol. The number of hydrogen-bond acceptors (Lipinski definition) is 2. The van der Waals surface area contributed by atoms with E-state index in [0.717, 1.165) is 74.1 Å². The Hall–Kier alpha value is -2.72. The minimum atomic E-state index is 0.209. The van der Waals surface area contributed by atoms with Crippen LogP contribution in [0.5, 0.6) is 0 Å². The second kappa shape index (κ2) is 7.96. The van der Waals surface area contributed by atoms with Crippen molar-refractivity contribution in [1.29, 1.82) is 0 Å². The maximum Gasteiger partial charge on any atom is 0.255 e. The van der Waals surface area contributed by atoms with E-state index < -0.39 is 0 Å². The zero-order valence-electron chi connectivity index (χ0n) is 16.9. The van der Waals surface area contributed by atoms with E-state index in [0.29, 0.717) is 0 Å². The molecule has 1 saturated heterocycles. The third-order valence-corrected chi connectivity index (χ3v) is 6.44. The molecule has 4 nitrogen and oxygen atoms in total. The number of amides is 1. The molecule has 1 aromatic heterocycles. The van der Waals surface area contributed by atoms with Crippen LogP contribution in [0.15, 0.2) is 54.6 Å². The van der Waals surface area contributed by atoms with Gasteiger partial charge in [-0.2, -0.15) is 0 Å². The van der Waals surface area contributed by atoms with E-state index in [2.05, 4.69) is 41.3 Å². The minimum absolute atomic E-state index is 0.209. The van der Waals surface area contributed by atoms with Crippen LogP contribution in [0.1, 0.15) is 40.0 Å². The SMILES string of the molecule is O=C(c1c2c(nc3ccccc13)CCCC2)N1CC[NH+](Cc2ccccc2)CC1. The number of carbonyl (C=O) groups excluding carboxylic acids is 1. The lowest BCUT2D eigenvalue weighted by atomic mass is 9.89. The van der Waals surface area contributed by atoms with Crippen LogP contribution < -0.4 is 4.90 Å². The molecule has 2 aromatic carbocycles. The highest BCUT2D eigenvalue weighted by atomic mass is 16.2. The molecule has 0 unspecified atom stereocenters. The molecule has 1 amide bonds. The summed E-state index contributed by atoms with van der Waals surface area (Å²) in [6, 6.07) is 18.8. The summed E-state index contributed by atoms with van der Waals surface area (Å²) in [4.78, 5) is 22.2. The van der Waals surface area contributed by atoms with Crippen molar-refractivity contribution < 1.29 is 9.69 Å². The summed E-state index contributed by atoms with van der Waals surface area (Å²) in [5.74, 6) is 0.209. The van der Waals surface area contributed by atoms with Crippen molar-refractivity contribution in [2.75, 3.05) is 26.2 Å². The Bertz CT molecular complexity index is 1020. The molecule has 1 aliphatic heterocycles. The molecule has 29 heavy (non-hydrogen) atoms. The summed E-state index contributed by atoms with van der Waals surface area (Å²) >= 11 is 0. The van der Waals surface area contributed by atoms with Gasteiger partial charge in [-0.25, -0.2) is 0 Å². The molecule has 2 aliphatic rings. The first-order valence-corrected chi connectivity index (χ1v) is 10.9. The lowest BCUT2D eigenvalue weighted by Crippen LogP contribution is -3.13. The highest BCUT2D eigenvalue weighted by Gasteiger charge is 2.29. The number of quaternary nitrogens is 1. The highest BCUT2D eigenvalue weighted by molar-refractivity contribution is 6.07. The van der Waals surface area contributed by atoms with Gasteiger partial charge in [0.25, 0.3) is 5.91 Å². The number of benzene rings is 2. The predicted molar refractivity (Wildman–Crippen MR) is 115 cm³/mol. The van der Waals surface area contributed by atoms with Gasteiger partial charge < -0.3 is 9.80 Å². The van der Waals surface area contributed by atoms with E-state index in [9.17, 15) is 4.79 Å². The number of aromatic nitrogens is 1. The number of para-hydroxylation sites is 1. The molecule has 0 bridgehead atoms. The Balaban J connectivity index is 1.38. The predicted octanol–water partition coefficient (Wildman–Crippen LogP) is 2.65. The van der Waals surface area contributed by atoms with Gasteiger partial charge in [0.1, 0.15) is 6.54 Å². The minimum Gasteiger partial charge on any atom is -0.328 e. The lowest BCUT2D eigenvalue weighted by Gasteiger charge is -2.33. The summed E-state index contributed by atoms with van der Waals surface area (Å²) in [7, 11) is 0. The van der Waals surface area contributed by atoms with E-state index in [4.69, 9.17) is 4.98 Å². The first-order valence-electron chi connectivity index (χ1n) is 10.9. The van der Waals surface area contributed by atoms with Crippen molar-refractivity contribution in [3.8, 4) is 0 Å². The van der Waals surface area contributed by atoms with Gasteiger partial charge in [-0.05, 0) is 37.3 Å². The van der Waals surface area contributed by atoms with Crippen LogP contribution in [-0.2, 0) is 19.4 Å². The van der Waals surface area contributed by atoms with Crippen LogP contribution in [0.3, 0.4) is 0 Å². The molecule has 0 saturated carbocycles. The van der Waals surface area contributed by atoms with Crippen molar-refractivity contribution in [1.82, 2.24) is 9.88 Å². The molecular weight excluding hydrogens is 358 g/mol. The molecule has 0 spiro atoms. The van der Waals surface area contributed by atoms with E-state index in [-0.39, 0.29) is 5.91 Å². The van der Waals surface area contributed by atoms with Crippen molar-refractivity contribution in [2.45, 2.75) is 32.2 Å². The van der Waals surface area contributed by atoms with Crippen LogP contribution >= 0.6 is 0 Å². The molecular formula is C25H28N3O+. The van der Waals surface area contributed by atoms with Crippen molar-refractivity contribution in [3.05, 3.63) is 77.0 Å². The van der Waals surface area contributed by atoms with Crippen molar-refractivity contribution in [2.24, 2.45) is 0 Å². The number of carbonyl (C=O) groups is 1. The number of piperazine rings is 1. The maximum atomic E-state index is 13.6. The highest BCUT2D eigenvalue weighted by Crippen LogP contribution is 2.30. The first-order chi connectivity index (χ1) is 14.3. The van der Waals surface area contributed by atoms with Crippen LogP contribution in [0.2, 0.25) is 0 Å².